The Morgan fingerprint density at radius 3 is 2.59 bits per heavy atom. The van der Waals surface area contributed by atoms with Crippen molar-refractivity contribution in [3.8, 4) is 11.4 Å². The monoisotopic (exact) mass is 385 g/mol. The van der Waals surface area contributed by atoms with Crippen LogP contribution in [0.3, 0.4) is 0 Å². The molecule has 0 fully saturated rings. The van der Waals surface area contributed by atoms with Gasteiger partial charge in [-0.2, -0.15) is 0 Å². The largest absolute Gasteiger partial charge is 0.495 e. The van der Waals surface area contributed by atoms with E-state index in [0.29, 0.717) is 34.4 Å². The summed E-state index contributed by atoms with van der Waals surface area (Å²) >= 11 is 0. The maximum atomic E-state index is 13.0. The van der Waals surface area contributed by atoms with E-state index < -0.39 is 0 Å². The summed E-state index contributed by atoms with van der Waals surface area (Å²) in [4.78, 5) is 29.8. The van der Waals surface area contributed by atoms with Crippen LogP contribution >= 0.6 is 0 Å². The zero-order chi connectivity index (χ0) is 20.2. The Kier molecular flexibility index (Phi) is 5.07. The maximum absolute atomic E-state index is 13.0. The van der Waals surface area contributed by atoms with Gasteiger partial charge in [-0.25, -0.2) is 4.98 Å². The van der Waals surface area contributed by atoms with Crippen molar-refractivity contribution in [1.82, 2.24) is 14.9 Å². The molecule has 0 unspecified atom stereocenters. The third kappa shape index (κ3) is 3.73. The van der Waals surface area contributed by atoms with Crippen LogP contribution in [0.15, 0.2) is 83.9 Å². The van der Waals surface area contributed by atoms with Crippen molar-refractivity contribution in [2.24, 2.45) is 0 Å². The van der Waals surface area contributed by atoms with Gasteiger partial charge in [0, 0.05) is 12.1 Å². The third-order valence-corrected chi connectivity index (χ3v) is 4.66. The Hall–Kier alpha value is -3.93. The zero-order valence-corrected chi connectivity index (χ0v) is 15.8. The van der Waals surface area contributed by atoms with Crippen LogP contribution in [0.5, 0.6) is 5.75 Å². The van der Waals surface area contributed by atoms with Crippen LogP contribution in [0, 0.1) is 0 Å². The molecule has 0 atom stereocenters. The Morgan fingerprint density at radius 1 is 1.03 bits per heavy atom. The number of fused-ring (bicyclic) bond motifs is 1. The topological polar surface area (TPSA) is 73.2 Å². The molecule has 0 radical (unpaired) electrons. The molecule has 1 heterocycles. The van der Waals surface area contributed by atoms with E-state index in [2.05, 4.69) is 10.3 Å². The first-order chi connectivity index (χ1) is 14.2. The van der Waals surface area contributed by atoms with E-state index in [-0.39, 0.29) is 11.5 Å². The highest BCUT2D eigenvalue weighted by atomic mass is 16.5. The third-order valence-electron chi connectivity index (χ3n) is 4.66. The molecule has 6 heteroatoms. The highest BCUT2D eigenvalue weighted by molar-refractivity contribution is 5.97. The first-order valence-corrected chi connectivity index (χ1v) is 9.14. The van der Waals surface area contributed by atoms with Gasteiger partial charge in [-0.3, -0.25) is 14.2 Å². The minimum atomic E-state index is -0.226. The molecule has 1 aromatic heterocycles. The van der Waals surface area contributed by atoms with Gasteiger partial charge >= 0.3 is 0 Å². The van der Waals surface area contributed by atoms with Gasteiger partial charge < -0.3 is 10.1 Å². The van der Waals surface area contributed by atoms with Crippen LogP contribution in [0.1, 0.15) is 15.9 Å². The molecule has 0 aliphatic heterocycles. The van der Waals surface area contributed by atoms with Crippen LogP contribution in [-0.2, 0) is 6.54 Å². The number of methoxy groups -OCH3 is 1. The summed E-state index contributed by atoms with van der Waals surface area (Å²) in [5.41, 5.74) is 2.32. The van der Waals surface area contributed by atoms with E-state index in [4.69, 9.17) is 4.74 Å². The lowest BCUT2D eigenvalue weighted by molar-refractivity contribution is 0.0951. The van der Waals surface area contributed by atoms with E-state index in [1.807, 2.05) is 42.5 Å². The molecular weight excluding hydrogens is 366 g/mol. The minimum absolute atomic E-state index is 0.216. The lowest BCUT2D eigenvalue weighted by Gasteiger charge is -2.11. The Morgan fingerprint density at radius 2 is 1.79 bits per heavy atom. The number of ether oxygens (including phenoxy) is 1. The van der Waals surface area contributed by atoms with Crippen LogP contribution in [0.2, 0.25) is 0 Å². The fourth-order valence-electron chi connectivity index (χ4n) is 3.14. The quantitative estimate of drug-likeness (QED) is 0.572. The van der Waals surface area contributed by atoms with Crippen molar-refractivity contribution >= 4 is 16.8 Å². The number of benzene rings is 3. The van der Waals surface area contributed by atoms with Crippen LogP contribution in [0.25, 0.3) is 16.6 Å². The highest BCUT2D eigenvalue weighted by Gasteiger charge is 2.12. The molecule has 0 aliphatic rings. The van der Waals surface area contributed by atoms with Crippen LogP contribution < -0.4 is 15.6 Å². The first-order valence-electron chi connectivity index (χ1n) is 9.14. The van der Waals surface area contributed by atoms with Gasteiger partial charge in [0.05, 0.1) is 23.7 Å². The van der Waals surface area contributed by atoms with E-state index in [0.717, 1.165) is 5.56 Å². The van der Waals surface area contributed by atoms with Gasteiger partial charge in [0.15, 0.2) is 0 Å². The fraction of sp³-hybridized carbons (Fsp3) is 0.0870. The van der Waals surface area contributed by atoms with Gasteiger partial charge in [-0.15, -0.1) is 0 Å². The number of rotatable bonds is 5. The summed E-state index contributed by atoms with van der Waals surface area (Å²) in [7, 11) is 1.55. The zero-order valence-electron chi connectivity index (χ0n) is 15.8. The summed E-state index contributed by atoms with van der Waals surface area (Å²) in [6.45, 7) is 0.431. The highest BCUT2D eigenvalue weighted by Crippen LogP contribution is 2.21. The molecule has 4 rings (SSSR count). The van der Waals surface area contributed by atoms with Crippen LogP contribution in [-0.4, -0.2) is 22.6 Å². The molecule has 6 nitrogen and oxygen atoms in total. The molecular formula is C23H19N3O3. The van der Waals surface area contributed by atoms with Crippen LogP contribution in [0.4, 0.5) is 0 Å². The van der Waals surface area contributed by atoms with Crippen molar-refractivity contribution in [3.05, 3.63) is 101 Å². The summed E-state index contributed by atoms with van der Waals surface area (Å²) < 4.78 is 6.78. The Bertz CT molecular complexity index is 1230. The predicted octanol–water partition coefficient (Wildman–Crippen LogP) is 3.32. The van der Waals surface area contributed by atoms with Crippen molar-refractivity contribution in [2.75, 3.05) is 7.11 Å². The predicted molar refractivity (Wildman–Crippen MR) is 112 cm³/mol. The number of carbonyl (C=O) groups is 1. The molecule has 1 N–H and O–H groups in total. The summed E-state index contributed by atoms with van der Waals surface area (Å²) in [5.74, 6) is 0.360. The van der Waals surface area contributed by atoms with Gasteiger partial charge in [0.2, 0.25) is 0 Å². The van der Waals surface area contributed by atoms with E-state index in [1.165, 1.54) is 10.9 Å². The van der Waals surface area contributed by atoms with Crippen molar-refractivity contribution in [2.45, 2.75) is 6.54 Å². The maximum Gasteiger partial charge on any atom is 0.265 e. The molecule has 0 saturated heterocycles. The number of amides is 1. The van der Waals surface area contributed by atoms with Crippen molar-refractivity contribution < 1.29 is 9.53 Å². The number of aromatic nitrogens is 2. The van der Waals surface area contributed by atoms with Gasteiger partial charge in [-0.1, -0.05) is 42.5 Å². The summed E-state index contributed by atoms with van der Waals surface area (Å²) in [5, 5.41) is 3.31. The van der Waals surface area contributed by atoms with E-state index >= 15 is 0 Å². The second kappa shape index (κ2) is 7.98. The molecule has 0 saturated carbocycles. The number of hydrogen-bond acceptors (Lipinski definition) is 4. The molecule has 29 heavy (non-hydrogen) atoms. The second-order valence-corrected chi connectivity index (χ2v) is 6.49. The van der Waals surface area contributed by atoms with Gasteiger partial charge in [0.25, 0.3) is 11.5 Å². The molecule has 3 aromatic carbocycles. The van der Waals surface area contributed by atoms with Gasteiger partial charge in [-0.05, 0) is 35.9 Å². The molecule has 144 valence electrons. The number of carbonyl (C=O) groups excluding carboxylic acids is 1. The molecule has 4 aromatic rings. The lowest BCUT2D eigenvalue weighted by Crippen LogP contribution is -2.23. The minimum Gasteiger partial charge on any atom is -0.495 e. The number of hydrogen-bond donors (Lipinski definition) is 1. The number of para-hydroxylation sites is 2. The molecule has 0 spiro atoms. The number of nitrogens with zero attached hydrogens (tertiary/aromatic N) is 2. The summed E-state index contributed by atoms with van der Waals surface area (Å²) in [6, 6.07) is 21.8. The molecule has 0 aliphatic carbocycles. The normalized spacial score (nSPS) is 10.7. The standard InChI is InChI=1S/C23H19N3O3/c1-29-21-10-6-5-9-20(21)26-15-25-19-13-17(11-12-18(19)23(26)28)22(27)24-14-16-7-3-2-4-8-16/h2-13,15H,14H2,1H3,(H,24,27). The van der Waals surface area contributed by atoms with Crippen molar-refractivity contribution in [1.29, 1.82) is 0 Å². The van der Waals surface area contributed by atoms with E-state index in [9.17, 15) is 9.59 Å². The average molecular weight is 385 g/mol. The molecule has 0 bridgehead atoms. The van der Waals surface area contributed by atoms with Crippen molar-refractivity contribution in [3.63, 3.8) is 0 Å². The average Bonchev–Trinajstić information content (AvgIpc) is 2.78. The lowest BCUT2D eigenvalue weighted by atomic mass is 10.1. The molecule has 1 amide bonds. The number of nitrogens with one attached hydrogen (secondary N) is 1. The summed E-state index contributed by atoms with van der Waals surface area (Å²) in [6.07, 6.45) is 1.45. The smallest absolute Gasteiger partial charge is 0.265 e. The first kappa shape index (κ1) is 18.4. The van der Waals surface area contributed by atoms with Gasteiger partial charge in [0.1, 0.15) is 12.1 Å². The Labute approximate surface area is 167 Å². The fourth-order valence-corrected chi connectivity index (χ4v) is 3.14. The SMILES string of the molecule is COc1ccccc1-n1cnc2cc(C(=O)NCc3ccccc3)ccc2c1=O. The second-order valence-electron chi connectivity index (χ2n) is 6.49. The Balaban J connectivity index is 1.64. The van der Waals surface area contributed by atoms with E-state index in [1.54, 1.807) is 37.4 Å².